The number of allylic oxidation sites excluding steroid dienone is 1. The maximum atomic E-state index is 6.25. The fourth-order valence-corrected chi connectivity index (χ4v) is 3.38. The van der Waals surface area contributed by atoms with Crippen LogP contribution < -0.4 is 10.4 Å². The number of hydrogen-bond donors (Lipinski definition) is 1. The third-order valence-corrected chi connectivity index (χ3v) is 5.18. The second-order valence-corrected chi connectivity index (χ2v) is 7.12. The van der Waals surface area contributed by atoms with Crippen LogP contribution in [0.4, 0.5) is 5.69 Å². The van der Waals surface area contributed by atoms with E-state index in [-0.39, 0.29) is 6.04 Å². The summed E-state index contributed by atoms with van der Waals surface area (Å²) in [4.78, 5) is 0. The summed E-state index contributed by atoms with van der Waals surface area (Å²) >= 11 is 12.3. The van der Waals surface area contributed by atoms with Gasteiger partial charge in [0.05, 0.1) is 27.5 Å². The van der Waals surface area contributed by atoms with Gasteiger partial charge >= 0.3 is 0 Å². The van der Waals surface area contributed by atoms with Crippen LogP contribution >= 0.6 is 23.2 Å². The molecule has 3 aromatic rings. The van der Waals surface area contributed by atoms with Gasteiger partial charge in [0, 0.05) is 0 Å². The Kier molecular flexibility index (Phi) is 5.19. The van der Waals surface area contributed by atoms with E-state index in [1.54, 1.807) is 0 Å². The van der Waals surface area contributed by atoms with Crippen molar-refractivity contribution in [2.24, 2.45) is 0 Å². The monoisotopic (exact) mass is 392 g/mol. The molecule has 3 aromatic carbocycles. The summed E-state index contributed by atoms with van der Waals surface area (Å²) in [7, 11) is 0. The van der Waals surface area contributed by atoms with Gasteiger partial charge in [-0.3, -0.25) is 10.4 Å². The molecule has 0 aromatic heterocycles. The number of hydrazine groups is 1. The molecule has 134 valence electrons. The first-order chi connectivity index (χ1) is 13.2. The molecule has 1 atom stereocenters. The van der Waals surface area contributed by atoms with Gasteiger partial charge in [-0.1, -0.05) is 89.9 Å². The normalized spacial score (nSPS) is 16.4. The minimum atomic E-state index is 0.0545. The number of hydrogen-bond acceptors (Lipinski definition) is 2. The lowest BCUT2D eigenvalue weighted by molar-refractivity contribution is 0.710. The van der Waals surface area contributed by atoms with Crippen LogP contribution in [0.5, 0.6) is 0 Å². The van der Waals surface area contributed by atoms with E-state index in [0.29, 0.717) is 10.0 Å². The zero-order chi connectivity index (χ0) is 18.6. The number of nitrogens with one attached hydrogen (secondary N) is 1. The van der Waals surface area contributed by atoms with Gasteiger partial charge in [-0.15, -0.1) is 0 Å². The van der Waals surface area contributed by atoms with Crippen molar-refractivity contribution in [2.45, 2.75) is 6.04 Å². The van der Waals surface area contributed by atoms with Crippen LogP contribution in [0.15, 0.2) is 96.7 Å². The summed E-state index contributed by atoms with van der Waals surface area (Å²) in [5.74, 6) is 0. The highest BCUT2D eigenvalue weighted by atomic mass is 35.5. The standard InChI is InChI=1S/C23H18Cl2N2/c24-21-14-13-20(16-22(21)25)27-23(18-9-5-2-6-10-18)15-19(26-27)12-11-17-7-3-1-4-8-17/h1-16,23,26H/b12-11+/t23-/m1/s1. The molecule has 0 bridgehead atoms. The minimum absolute atomic E-state index is 0.0545. The molecule has 0 unspecified atom stereocenters. The zero-order valence-electron chi connectivity index (χ0n) is 14.5. The first kappa shape index (κ1) is 17.7. The van der Waals surface area contributed by atoms with Crippen LogP contribution in [0.3, 0.4) is 0 Å². The summed E-state index contributed by atoms with van der Waals surface area (Å²) in [6, 6.07) is 26.3. The average molecular weight is 393 g/mol. The number of nitrogens with zero attached hydrogens (tertiary/aromatic N) is 1. The highest BCUT2D eigenvalue weighted by molar-refractivity contribution is 6.42. The number of benzene rings is 3. The molecule has 4 heteroatoms. The number of rotatable bonds is 4. The Labute approximate surface area is 169 Å². The van der Waals surface area contributed by atoms with E-state index >= 15 is 0 Å². The van der Waals surface area contributed by atoms with E-state index in [0.717, 1.165) is 16.9 Å². The van der Waals surface area contributed by atoms with Crippen LogP contribution in [0.1, 0.15) is 17.2 Å². The van der Waals surface area contributed by atoms with Crippen molar-refractivity contribution < 1.29 is 0 Å². The van der Waals surface area contributed by atoms with Crippen molar-refractivity contribution in [1.29, 1.82) is 0 Å². The summed E-state index contributed by atoms with van der Waals surface area (Å²) in [6.07, 6.45) is 6.39. The molecule has 4 rings (SSSR count). The van der Waals surface area contributed by atoms with Crippen molar-refractivity contribution in [3.05, 3.63) is 118 Å². The summed E-state index contributed by atoms with van der Waals surface area (Å²) in [6.45, 7) is 0. The summed E-state index contributed by atoms with van der Waals surface area (Å²) in [5, 5.41) is 3.19. The lowest BCUT2D eigenvalue weighted by Crippen LogP contribution is -2.34. The molecule has 0 saturated carbocycles. The molecular weight excluding hydrogens is 375 g/mol. The molecule has 0 spiro atoms. The molecule has 0 fully saturated rings. The Morgan fingerprint density at radius 2 is 1.48 bits per heavy atom. The molecule has 0 radical (unpaired) electrons. The van der Waals surface area contributed by atoms with Crippen LogP contribution in [0.2, 0.25) is 10.0 Å². The molecule has 1 N–H and O–H groups in total. The molecule has 2 nitrogen and oxygen atoms in total. The Bertz CT molecular complexity index is 982. The van der Waals surface area contributed by atoms with Crippen LogP contribution in [0.25, 0.3) is 6.08 Å². The van der Waals surface area contributed by atoms with Crippen LogP contribution in [0, 0.1) is 0 Å². The quantitative estimate of drug-likeness (QED) is 0.533. The topological polar surface area (TPSA) is 15.3 Å². The third kappa shape index (κ3) is 4.02. The molecule has 1 aliphatic rings. The zero-order valence-corrected chi connectivity index (χ0v) is 16.0. The third-order valence-electron chi connectivity index (χ3n) is 4.44. The molecule has 1 heterocycles. The van der Waals surface area contributed by atoms with Crippen molar-refractivity contribution in [3.63, 3.8) is 0 Å². The Morgan fingerprint density at radius 3 is 2.19 bits per heavy atom. The van der Waals surface area contributed by atoms with Crippen molar-refractivity contribution in [2.75, 3.05) is 5.01 Å². The average Bonchev–Trinajstić information content (AvgIpc) is 3.14. The van der Waals surface area contributed by atoms with Gasteiger partial charge in [0.2, 0.25) is 0 Å². The van der Waals surface area contributed by atoms with Crippen LogP contribution in [-0.4, -0.2) is 0 Å². The van der Waals surface area contributed by atoms with Gasteiger partial charge in [-0.25, -0.2) is 0 Å². The van der Waals surface area contributed by atoms with E-state index in [4.69, 9.17) is 23.2 Å². The van der Waals surface area contributed by atoms with E-state index in [9.17, 15) is 0 Å². The fraction of sp³-hybridized carbons (Fsp3) is 0.0435. The first-order valence-corrected chi connectivity index (χ1v) is 9.47. The predicted molar refractivity (Wildman–Crippen MR) is 115 cm³/mol. The van der Waals surface area contributed by atoms with Crippen molar-refractivity contribution in [3.8, 4) is 0 Å². The predicted octanol–water partition coefficient (Wildman–Crippen LogP) is 6.66. The second-order valence-electron chi connectivity index (χ2n) is 6.30. The highest BCUT2D eigenvalue weighted by Gasteiger charge is 2.25. The number of halogens is 2. The van der Waals surface area contributed by atoms with Gasteiger partial charge in [0.15, 0.2) is 0 Å². The van der Waals surface area contributed by atoms with E-state index in [1.807, 2.05) is 54.6 Å². The molecule has 27 heavy (non-hydrogen) atoms. The largest absolute Gasteiger partial charge is 0.298 e. The maximum absolute atomic E-state index is 6.25. The highest BCUT2D eigenvalue weighted by Crippen LogP contribution is 2.35. The smallest absolute Gasteiger partial charge is 0.0958 e. The van der Waals surface area contributed by atoms with Crippen LogP contribution in [-0.2, 0) is 0 Å². The Hall–Kier alpha value is -2.68. The molecule has 0 amide bonds. The Balaban J connectivity index is 1.66. The van der Waals surface area contributed by atoms with E-state index in [1.165, 1.54) is 5.56 Å². The van der Waals surface area contributed by atoms with Crippen molar-refractivity contribution >= 4 is 35.0 Å². The minimum Gasteiger partial charge on any atom is -0.298 e. The van der Waals surface area contributed by atoms with Gasteiger partial charge in [0.1, 0.15) is 0 Å². The lowest BCUT2D eigenvalue weighted by atomic mass is 10.1. The Morgan fingerprint density at radius 1 is 0.778 bits per heavy atom. The van der Waals surface area contributed by atoms with E-state index in [2.05, 4.69) is 52.9 Å². The molecular formula is C23H18Cl2N2. The number of anilines is 1. The van der Waals surface area contributed by atoms with Gasteiger partial charge in [-0.05, 0) is 41.5 Å². The van der Waals surface area contributed by atoms with Gasteiger partial charge in [-0.2, -0.15) is 0 Å². The molecule has 0 saturated heterocycles. The molecule has 0 aliphatic carbocycles. The molecule has 1 aliphatic heterocycles. The fourth-order valence-electron chi connectivity index (χ4n) is 3.09. The SMILES string of the molecule is Clc1ccc(N2NC(/C=C/c3ccccc3)=C[C@@H]2c2ccccc2)cc1Cl. The van der Waals surface area contributed by atoms with Gasteiger partial charge in [0.25, 0.3) is 0 Å². The first-order valence-electron chi connectivity index (χ1n) is 8.71. The van der Waals surface area contributed by atoms with Crippen molar-refractivity contribution in [1.82, 2.24) is 5.43 Å². The second kappa shape index (κ2) is 7.91. The van der Waals surface area contributed by atoms with Gasteiger partial charge < -0.3 is 0 Å². The van der Waals surface area contributed by atoms with E-state index < -0.39 is 0 Å². The summed E-state index contributed by atoms with van der Waals surface area (Å²) < 4.78 is 0. The summed E-state index contributed by atoms with van der Waals surface area (Å²) in [5.41, 5.74) is 7.81. The maximum Gasteiger partial charge on any atom is 0.0958 e. The lowest BCUT2D eigenvalue weighted by Gasteiger charge is -2.27.